The first-order chi connectivity index (χ1) is 10.5. The van der Waals surface area contributed by atoms with Gasteiger partial charge in [-0.15, -0.1) is 11.8 Å². The Balaban J connectivity index is 2.06. The number of amides is 2. The highest BCUT2D eigenvalue weighted by molar-refractivity contribution is 7.98. The summed E-state index contributed by atoms with van der Waals surface area (Å²) >= 11 is 1.37. The summed E-state index contributed by atoms with van der Waals surface area (Å²) in [5.74, 6) is -0.740. The van der Waals surface area contributed by atoms with Crippen LogP contribution in [0.25, 0.3) is 0 Å². The fraction of sp³-hybridized carbons (Fsp3) is 0.188. The number of thioether (sulfide) groups is 1. The molecule has 1 heterocycles. The molecular formula is C16H17N3O2S. The van der Waals surface area contributed by atoms with Gasteiger partial charge in [0.15, 0.2) is 0 Å². The van der Waals surface area contributed by atoms with Crippen molar-refractivity contribution in [3.05, 3.63) is 58.8 Å². The van der Waals surface area contributed by atoms with Crippen LogP contribution >= 0.6 is 11.8 Å². The Morgan fingerprint density at radius 3 is 2.36 bits per heavy atom. The molecule has 2 amide bonds. The van der Waals surface area contributed by atoms with Crippen molar-refractivity contribution in [1.29, 1.82) is 0 Å². The molecule has 0 aliphatic heterocycles. The Labute approximate surface area is 133 Å². The average Bonchev–Trinajstić information content (AvgIpc) is 2.52. The molecule has 2 N–H and O–H groups in total. The quantitative estimate of drug-likeness (QED) is 0.674. The monoisotopic (exact) mass is 315 g/mol. The van der Waals surface area contributed by atoms with Crippen molar-refractivity contribution in [3.8, 4) is 0 Å². The third-order valence-corrected chi connectivity index (χ3v) is 3.84. The van der Waals surface area contributed by atoms with Crippen LogP contribution in [0.15, 0.2) is 41.6 Å². The molecule has 0 aliphatic rings. The Bertz CT molecular complexity index is 716. The lowest BCUT2D eigenvalue weighted by molar-refractivity contribution is 0.0844. The van der Waals surface area contributed by atoms with Crippen molar-refractivity contribution in [1.82, 2.24) is 15.8 Å². The van der Waals surface area contributed by atoms with Crippen LogP contribution in [0.3, 0.4) is 0 Å². The number of aromatic nitrogens is 1. The SMILES string of the molecule is CSc1ncccc1C(=O)NNC(=O)c1ccc(C)cc1C. The molecule has 0 saturated heterocycles. The molecule has 0 bridgehead atoms. The van der Waals surface area contributed by atoms with Crippen LogP contribution in [0.1, 0.15) is 31.8 Å². The normalized spacial score (nSPS) is 10.1. The van der Waals surface area contributed by atoms with Crippen LogP contribution in [-0.4, -0.2) is 23.1 Å². The van der Waals surface area contributed by atoms with Gasteiger partial charge in [-0.05, 0) is 43.9 Å². The summed E-state index contributed by atoms with van der Waals surface area (Å²) in [6.07, 6.45) is 3.46. The number of pyridine rings is 1. The summed E-state index contributed by atoms with van der Waals surface area (Å²) < 4.78 is 0. The Kier molecular flexibility index (Phi) is 5.16. The molecule has 0 radical (unpaired) electrons. The van der Waals surface area contributed by atoms with Gasteiger partial charge in [-0.1, -0.05) is 17.7 Å². The maximum absolute atomic E-state index is 12.1. The lowest BCUT2D eigenvalue weighted by Crippen LogP contribution is -2.42. The second kappa shape index (κ2) is 7.09. The molecular weight excluding hydrogens is 298 g/mol. The lowest BCUT2D eigenvalue weighted by Gasteiger charge is -2.10. The van der Waals surface area contributed by atoms with Crippen molar-refractivity contribution < 1.29 is 9.59 Å². The van der Waals surface area contributed by atoms with E-state index in [0.29, 0.717) is 16.2 Å². The fourth-order valence-corrected chi connectivity index (χ4v) is 2.59. The smallest absolute Gasteiger partial charge is 0.267 e. The van der Waals surface area contributed by atoms with Gasteiger partial charge in [0.05, 0.1) is 5.56 Å². The fourth-order valence-electron chi connectivity index (χ4n) is 2.04. The molecule has 0 saturated carbocycles. The minimum Gasteiger partial charge on any atom is -0.267 e. The van der Waals surface area contributed by atoms with Crippen LogP contribution in [0.5, 0.6) is 0 Å². The molecule has 0 unspecified atom stereocenters. The van der Waals surface area contributed by atoms with Gasteiger partial charge in [-0.2, -0.15) is 0 Å². The summed E-state index contributed by atoms with van der Waals surface area (Å²) in [6, 6.07) is 8.86. The molecule has 0 fully saturated rings. The van der Waals surface area contributed by atoms with E-state index in [4.69, 9.17) is 0 Å². The largest absolute Gasteiger partial charge is 0.272 e. The maximum Gasteiger partial charge on any atom is 0.272 e. The highest BCUT2D eigenvalue weighted by Gasteiger charge is 2.14. The van der Waals surface area contributed by atoms with Gasteiger partial charge < -0.3 is 0 Å². The van der Waals surface area contributed by atoms with Gasteiger partial charge in [-0.3, -0.25) is 20.4 Å². The third kappa shape index (κ3) is 3.65. The molecule has 5 nitrogen and oxygen atoms in total. The highest BCUT2D eigenvalue weighted by atomic mass is 32.2. The number of hydrogen-bond acceptors (Lipinski definition) is 4. The summed E-state index contributed by atoms with van der Waals surface area (Å²) in [5.41, 5.74) is 7.75. The van der Waals surface area contributed by atoms with Crippen LogP contribution in [-0.2, 0) is 0 Å². The highest BCUT2D eigenvalue weighted by Crippen LogP contribution is 2.16. The van der Waals surface area contributed by atoms with Crippen molar-refractivity contribution in [2.45, 2.75) is 18.9 Å². The molecule has 1 aromatic heterocycles. The van der Waals surface area contributed by atoms with E-state index in [-0.39, 0.29) is 5.91 Å². The van der Waals surface area contributed by atoms with Crippen molar-refractivity contribution in [2.24, 2.45) is 0 Å². The Hall–Kier alpha value is -2.34. The van der Waals surface area contributed by atoms with Gasteiger partial charge in [0.1, 0.15) is 5.03 Å². The van der Waals surface area contributed by atoms with E-state index in [0.717, 1.165) is 11.1 Å². The summed E-state index contributed by atoms with van der Waals surface area (Å²) in [7, 11) is 0. The second-order valence-electron chi connectivity index (χ2n) is 4.79. The zero-order valence-electron chi connectivity index (χ0n) is 12.6. The molecule has 2 aromatic rings. The van der Waals surface area contributed by atoms with E-state index in [1.165, 1.54) is 11.8 Å². The number of carbonyl (C=O) groups excluding carboxylic acids is 2. The number of rotatable bonds is 3. The van der Waals surface area contributed by atoms with Crippen LogP contribution in [0.2, 0.25) is 0 Å². The molecule has 1 aromatic carbocycles. The molecule has 0 aliphatic carbocycles. The lowest BCUT2D eigenvalue weighted by atomic mass is 10.1. The van der Waals surface area contributed by atoms with Crippen LogP contribution in [0.4, 0.5) is 0 Å². The van der Waals surface area contributed by atoms with Crippen LogP contribution in [0, 0.1) is 13.8 Å². The number of benzene rings is 1. The van der Waals surface area contributed by atoms with Gasteiger partial charge in [0.2, 0.25) is 0 Å². The second-order valence-corrected chi connectivity index (χ2v) is 5.58. The molecule has 22 heavy (non-hydrogen) atoms. The van der Waals surface area contributed by atoms with Crippen molar-refractivity contribution >= 4 is 23.6 Å². The minimum atomic E-state index is -0.393. The summed E-state index contributed by atoms with van der Waals surface area (Å²) in [5, 5.41) is 0.612. The van der Waals surface area contributed by atoms with E-state index in [1.807, 2.05) is 32.2 Å². The average molecular weight is 315 g/mol. The van der Waals surface area contributed by atoms with E-state index in [1.54, 1.807) is 24.4 Å². The van der Waals surface area contributed by atoms with Gasteiger partial charge >= 0.3 is 0 Å². The zero-order valence-corrected chi connectivity index (χ0v) is 13.5. The van der Waals surface area contributed by atoms with E-state index in [9.17, 15) is 9.59 Å². The van der Waals surface area contributed by atoms with E-state index >= 15 is 0 Å². The zero-order chi connectivity index (χ0) is 16.1. The molecule has 0 atom stereocenters. The number of hydrazine groups is 1. The van der Waals surface area contributed by atoms with E-state index in [2.05, 4.69) is 15.8 Å². The molecule has 114 valence electrons. The standard InChI is InChI=1S/C16H17N3O2S/c1-10-6-7-12(11(2)9-10)14(20)18-19-15(21)13-5-4-8-17-16(13)22-3/h4-9H,1-3H3,(H,18,20)(H,19,21). The third-order valence-electron chi connectivity index (χ3n) is 3.13. The number of carbonyl (C=O) groups is 2. The van der Waals surface area contributed by atoms with Crippen molar-refractivity contribution in [2.75, 3.05) is 6.26 Å². The number of nitrogens with zero attached hydrogens (tertiary/aromatic N) is 1. The topological polar surface area (TPSA) is 71.1 Å². The molecule has 2 rings (SSSR count). The number of hydrogen-bond donors (Lipinski definition) is 2. The first kappa shape index (κ1) is 16.0. The van der Waals surface area contributed by atoms with Crippen molar-refractivity contribution in [3.63, 3.8) is 0 Å². The van der Waals surface area contributed by atoms with Gasteiger partial charge in [0, 0.05) is 11.8 Å². The Morgan fingerprint density at radius 2 is 1.73 bits per heavy atom. The number of aryl methyl sites for hydroxylation is 2. The van der Waals surface area contributed by atoms with Gasteiger partial charge in [0.25, 0.3) is 11.8 Å². The number of nitrogens with one attached hydrogen (secondary N) is 2. The first-order valence-corrected chi connectivity index (χ1v) is 7.92. The maximum atomic E-state index is 12.1. The molecule has 0 spiro atoms. The summed E-state index contributed by atoms with van der Waals surface area (Å²) in [4.78, 5) is 28.4. The summed E-state index contributed by atoms with van der Waals surface area (Å²) in [6.45, 7) is 3.82. The first-order valence-electron chi connectivity index (χ1n) is 6.70. The minimum absolute atomic E-state index is 0.347. The van der Waals surface area contributed by atoms with Crippen LogP contribution < -0.4 is 10.9 Å². The predicted octanol–water partition coefficient (Wildman–Crippen LogP) is 2.50. The van der Waals surface area contributed by atoms with E-state index < -0.39 is 5.91 Å². The predicted molar refractivity (Wildman–Crippen MR) is 86.9 cm³/mol. The van der Waals surface area contributed by atoms with Gasteiger partial charge in [-0.25, -0.2) is 4.98 Å². The Morgan fingerprint density at radius 1 is 1.05 bits per heavy atom. The molecule has 6 heteroatoms.